The first-order chi connectivity index (χ1) is 10.3. The molecule has 0 bridgehead atoms. The second-order valence-corrected chi connectivity index (χ2v) is 5.85. The fraction of sp³-hybridized carbons (Fsp3) is 0.429. The van der Waals surface area contributed by atoms with Crippen LogP contribution in [0.2, 0.25) is 0 Å². The number of thiophene rings is 1. The molecule has 0 saturated heterocycles. The van der Waals surface area contributed by atoms with Crippen molar-refractivity contribution in [2.45, 2.75) is 25.9 Å². The number of unbranched alkanes of at least 4 members (excludes halogenated alkanes) is 1. The van der Waals surface area contributed by atoms with E-state index >= 15 is 0 Å². The summed E-state index contributed by atoms with van der Waals surface area (Å²) in [4.78, 5) is 16.3. The molecule has 2 aromatic rings. The second kappa shape index (κ2) is 6.62. The van der Waals surface area contributed by atoms with E-state index in [4.69, 9.17) is 5.73 Å². The number of amides is 1. The maximum atomic E-state index is 12.7. The highest BCUT2D eigenvalue weighted by molar-refractivity contribution is 7.20. The summed E-state index contributed by atoms with van der Waals surface area (Å²) >= 11 is 0.978. The molecular formula is C14H16F3N3OS. The van der Waals surface area contributed by atoms with Crippen molar-refractivity contribution < 1.29 is 18.0 Å². The van der Waals surface area contributed by atoms with Crippen LogP contribution >= 0.6 is 11.3 Å². The number of nitrogens with one attached hydrogen (secondary N) is 1. The minimum Gasteiger partial charge on any atom is -0.351 e. The molecule has 4 nitrogen and oxygen atoms in total. The van der Waals surface area contributed by atoms with E-state index in [1.165, 1.54) is 6.07 Å². The van der Waals surface area contributed by atoms with Crippen LogP contribution in [0.4, 0.5) is 13.2 Å². The van der Waals surface area contributed by atoms with Crippen LogP contribution in [0.15, 0.2) is 12.1 Å². The zero-order chi connectivity index (χ0) is 16.3. The predicted octanol–water partition coefficient (Wildman–Crippen LogP) is 3.09. The van der Waals surface area contributed by atoms with Gasteiger partial charge in [0.1, 0.15) is 10.5 Å². The lowest BCUT2D eigenvalue weighted by atomic mass is 10.1. The van der Waals surface area contributed by atoms with Crippen LogP contribution in [0.3, 0.4) is 0 Å². The molecule has 0 aliphatic carbocycles. The molecule has 0 aliphatic heterocycles. The lowest BCUT2D eigenvalue weighted by Crippen LogP contribution is -2.24. The first kappa shape index (κ1) is 16.7. The van der Waals surface area contributed by atoms with Gasteiger partial charge in [0, 0.05) is 11.9 Å². The lowest BCUT2D eigenvalue weighted by molar-refractivity contribution is -0.140. The summed E-state index contributed by atoms with van der Waals surface area (Å²) in [6, 6.07) is 2.30. The number of alkyl halides is 3. The Kier molecular flexibility index (Phi) is 5.02. The maximum absolute atomic E-state index is 12.7. The minimum absolute atomic E-state index is 0.222. The Labute approximate surface area is 129 Å². The summed E-state index contributed by atoms with van der Waals surface area (Å²) in [6.07, 6.45) is -2.92. The number of pyridine rings is 1. The zero-order valence-electron chi connectivity index (χ0n) is 12.0. The fourth-order valence-electron chi connectivity index (χ4n) is 2.03. The van der Waals surface area contributed by atoms with Crippen molar-refractivity contribution in [2.75, 3.05) is 13.1 Å². The number of aryl methyl sites for hydroxylation is 1. The van der Waals surface area contributed by atoms with Gasteiger partial charge in [-0.1, -0.05) is 0 Å². The van der Waals surface area contributed by atoms with Gasteiger partial charge < -0.3 is 11.1 Å². The molecule has 3 N–H and O–H groups in total. The topological polar surface area (TPSA) is 68.0 Å². The Bertz CT molecular complexity index is 682. The van der Waals surface area contributed by atoms with Crippen LogP contribution in [0.1, 0.15) is 33.8 Å². The SMILES string of the molecule is Cc1c(C(=O)NCCCCN)sc2nc(C(F)(F)F)ccc12. The minimum atomic E-state index is -4.49. The highest BCUT2D eigenvalue weighted by atomic mass is 32.1. The predicted molar refractivity (Wildman–Crippen MR) is 80.0 cm³/mol. The third kappa shape index (κ3) is 3.56. The first-order valence-electron chi connectivity index (χ1n) is 6.80. The van der Waals surface area contributed by atoms with Gasteiger partial charge in [-0.25, -0.2) is 4.98 Å². The highest BCUT2D eigenvalue weighted by Crippen LogP contribution is 2.34. The molecule has 0 aromatic carbocycles. The Morgan fingerprint density at radius 1 is 1.36 bits per heavy atom. The van der Waals surface area contributed by atoms with Gasteiger partial charge in [-0.05, 0) is 44.0 Å². The molecule has 0 fully saturated rings. The van der Waals surface area contributed by atoms with Gasteiger partial charge in [0.2, 0.25) is 0 Å². The molecule has 0 unspecified atom stereocenters. The number of carbonyl (C=O) groups is 1. The number of hydrogen-bond donors (Lipinski definition) is 2. The number of carbonyl (C=O) groups excluding carboxylic acids is 1. The average Bonchev–Trinajstić information content (AvgIpc) is 2.79. The fourth-order valence-corrected chi connectivity index (χ4v) is 3.12. The molecule has 8 heteroatoms. The van der Waals surface area contributed by atoms with Crippen LogP contribution < -0.4 is 11.1 Å². The summed E-state index contributed by atoms with van der Waals surface area (Å²) in [5.74, 6) is -0.286. The molecule has 120 valence electrons. The van der Waals surface area contributed by atoms with Gasteiger partial charge in [-0.2, -0.15) is 13.2 Å². The largest absolute Gasteiger partial charge is 0.433 e. The monoisotopic (exact) mass is 331 g/mol. The quantitative estimate of drug-likeness (QED) is 0.827. The Balaban J connectivity index is 2.24. The van der Waals surface area contributed by atoms with Crippen molar-refractivity contribution in [3.8, 4) is 0 Å². The Hall–Kier alpha value is -1.67. The summed E-state index contributed by atoms with van der Waals surface area (Å²) in [5.41, 5.74) is 5.07. The number of rotatable bonds is 5. The van der Waals surface area contributed by atoms with Crippen LogP contribution in [0.25, 0.3) is 10.2 Å². The van der Waals surface area contributed by atoms with Gasteiger partial charge in [-0.3, -0.25) is 4.79 Å². The molecule has 0 radical (unpaired) electrons. The van der Waals surface area contributed by atoms with E-state index in [-0.39, 0.29) is 10.7 Å². The number of hydrogen-bond acceptors (Lipinski definition) is 4. The van der Waals surface area contributed by atoms with Crippen LogP contribution in [-0.2, 0) is 6.18 Å². The van der Waals surface area contributed by atoms with E-state index in [1.807, 2.05) is 0 Å². The van der Waals surface area contributed by atoms with Crippen LogP contribution in [-0.4, -0.2) is 24.0 Å². The Morgan fingerprint density at radius 3 is 2.73 bits per heavy atom. The Morgan fingerprint density at radius 2 is 2.09 bits per heavy atom. The molecule has 0 spiro atoms. The van der Waals surface area contributed by atoms with Crippen LogP contribution in [0.5, 0.6) is 0 Å². The summed E-state index contributed by atoms with van der Waals surface area (Å²) in [7, 11) is 0. The number of nitrogens with two attached hydrogens (primary N) is 1. The van der Waals surface area contributed by atoms with Crippen molar-refractivity contribution in [3.63, 3.8) is 0 Å². The van der Waals surface area contributed by atoms with E-state index in [0.29, 0.717) is 28.9 Å². The van der Waals surface area contributed by atoms with E-state index in [2.05, 4.69) is 10.3 Å². The van der Waals surface area contributed by atoms with Crippen molar-refractivity contribution in [1.82, 2.24) is 10.3 Å². The van der Waals surface area contributed by atoms with Crippen molar-refractivity contribution in [1.29, 1.82) is 0 Å². The summed E-state index contributed by atoms with van der Waals surface area (Å²) < 4.78 is 38.0. The third-order valence-electron chi connectivity index (χ3n) is 3.22. The standard InChI is InChI=1S/C14H16F3N3OS/c1-8-9-4-5-10(14(15,16)17)20-13(9)22-11(8)12(21)19-7-3-2-6-18/h4-5H,2-3,6-7,18H2,1H3,(H,19,21). The summed E-state index contributed by atoms with van der Waals surface area (Å²) in [6.45, 7) is 2.76. The maximum Gasteiger partial charge on any atom is 0.433 e. The normalized spacial score (nSPS) is 11.9. The highest BCUT2D eigenvalue weighted by Gasteiger charge is 2.33. The lowest BCUT2D eigenvalue weighted by Gasteiger charge is -2.04. The van der Waals surface area contributed by atoms with Gasteiger partial charge >= 0.3 is 6.18 Å². The van der Waals surface area contributed by atoms with E-state index in [0.717, 1.165) is 30.2 Å². The van der Waals surface area contributed by atoms with Crippen LogP contribution in [0, 0.1) is 6.92 Å². The smallest absolute Gasteiger partial charge is 0.351 e. The van der Waals surface area contributed by atoms with E-state index < -0.39 is 11.9 Å². The molecule has 2 aromatic heterocycles. The molecule has 0 saturated carbocycles. The molecule has 2 heterocycles. The average molecular weight is 331 g/mol. The number of halogens is 3. The third-order valence-corrected chi connectivity index (χ3v) is 4.42. The molecule has 22 heavy (non-hydrogen) atoms. The van der Waals surface area contributed by atoms with Gasteiger partial charge in [-0.15, -0.1) is 11.3 Å². The molecular weight excluding hydrogens is 315 g/mol. The van der Waals surface area contributed by atoms with Crippen molar-refractivity contribution in [2.24, 2.45) is 5.73 Å². The van der Waals surface area contributed by atoms with Crippen molar-refractivity contribution in [3.05, 3.63) is 28.3 Å². The van der Waals surface area contributed by atoms with E-state index in [9.17, 15) is 18.0 Å². The molecule has 0 atom stereocenters. The molecule has 0 aliphatic rings. The number of fused-ring (bicyclic) bond motifs is 1. The second-order valence-electron chi connectivity index (χ2n) is 4.85. The number of aromatic nitrogens is 1. The molecule has 1 amide bonds. The van der Waals surface area contributed by atoms with Crippen molar-refractivity contribution >= 4 is 27.5 Å². The van der Waals surface area contributed by atoms with Gasteiger partial charge in [0.05, 0.1) is 4.88 Å². The van der Waals surface area contributed by atoms with Gasteiger partial charge in [0.25, 0.3) is 5.91 Å². The molecule has 2 rings (SSSR count). The number of nitrogens with zero attached hydrogens (tertiary/aromatic N) is 1. The summed E-state index contributed by atoms with van der Waals surface area (Å²) in [5, 5.41) is 3.32. The van der Waals surface area contributed by atoms with E-state index in [1.54, 1.807) is 6.92 Å². The van der Waals surface area contributed by atoms with Gasteiger partial charge in [0.15, 0.2) is 0 Å². The first-order valence-corrected chi connectivity index (χ1v) is 7.62. The zero-order valence-corrected chi connectivity index (χ0v) is 12.8.